The van der Waals surface area contributed by atoms with Crippen LogP contribution in [0.5, 0.6) is 5.75 Å². The number of nitrogens with one attached hydrogen (secondary N) is 1. The summed E-state index contributed by atoms with van der Waals surface area (Å²) in [5.41, 5.74) is 7.60. The predicted molar refractivity (Wildman–Crippen MR) is 77.0 cm³/mol. The molecule has 0 saturated carbocycles. The van der Waals surface area contributed by atoms with E-state index in [2.05, 4.69) is 5.32 Å². The van der Waals surface area contributed by atoms with Crippen LogP contribution in [0.15, 0.2) is 18.2 Å². The molecular weight excluding hydrogens is 240 g/mol. The standard InChI is InChI=1S/C15H24N2O2/c1-11-7-12(5-6-13(11)19-4)9-17-14(18)8-15(2,3)10-16/h5-7H,8-10,16H2,1-4H3,(H,17,18). The van der Waals surface area contributed by atoms with Gasteiger partial charge in [0.2, 0.25) is 5.91 Å². The molecular formula is C15H24N2O2. The van der Waals surface area contributed by atoms with Gasteiger partial charge in [0.15, 0.2) is 0 Å². The Morgan fingerprint density at radius 3 is 2.63 bits per heavy atom. The average molecular weight is 264 g/mol. The van der Waals surface area contributed by atoms with E-state index in [1.807, 2.05) is 39.0 Å². The van der Waals surface area contributed by atoms with Gasteiger partial charge < -0.3 is 15.8 Å². The highest BCUT2D eigenvalue weighted by molar-refractivity contribution is 5.76. The van der Waals surface area contributed by atoms with Gasteiger partial charge in [0.1, 0.15) is 5.75 Å². The van der Waals surface area contributed by atoms with Crippen LogP contribution in [-0.2, 0) is 11.3 Å². The zero-order valence-electron chi connectivity index (χ0n) is 12.2. The molecule has 0 fully saturated rings. The van der Waals surface area contributed by atoms with Gasteiger partial charge in [-0.25, -0.2) is 0 Å². The average Bonchev–Trinajstić information content (AvgIpc) is 2.36. The maximum Gasteiger partial charge on any atom is 0.220 e. The summed E-state index contributed by atoms with van der Waals surface area (Å²) in [6.45, 7) is 7.00. The van der Waals surface area contributed by atoms with Crippen LogP contribution in [-0.4, -0.2) is 19.6 Å². The van der Waals surface area contributed by atoms with Crippen LogP contribution >= 0.6 is 0 Å². The zero-order chi connectivity index (χ0) is 14.5. The molecule has 0 radical (unpaired) electrons. The Labute approximate surface area is 115 Å². The van der Waals surface area contributed by atoms with Crippen molar-refractivity contribution in [2.45, 2.75) is 33.7 Å². The smallest absolute Gasteiger partial charge is 0.220 e. The number of rotatable bonds is 6. The molecule has 1 aromatic carbocycles. The van der Waals surface area contributed by atoms with Crippen molar-refractivity contribution in [1.82, 2.24) is 5.32 Å². The largest absolute Gasteiger partial charge is 0.496 e. The lowest BCUT2D eigenvalue weighted by molar-refractivity contribution is -0.123. The van der Waals surface area contributed by atoms with Crippen LogP contribution < -0.4 is 15.8 Å². The second-order valence-corrected chi connectivity index (χ2v) is 5.63. The zero-order valence-corrected chi connectivity index (χ0v) is 12.2. The van der Waals surface area contributed by atoms with E-state index in [9.17, 15) is 4.79 Å². The maximum atomic E-state index is 11.8. The number of ether oxygens (including phenoxy) is 1. The quantitative estimate of drug-likeness (QED) is 0.826. The summed E-state index contributed by atoms with van der Waals surface area (Å²) in [7, 11) is 1.65. The minimum Gasteiger partial charge on any atom is -0.496 e. The van der Waals surface area contributed by atoms with Crippen molar-refractivity contribution in [1.29, 1.82) is 0 Å². The summed E-state index contributed by atoms with van der Waals surface area (Å²) in [5, 5.41) is 2.92. The number of benzene rings is 1. The van der Waals surface area contributed by atoms with Gasteiger partial charge in [0, 0.05) is 13.0 Å². The predicted octanol–water partition coefficient (Wildman–Crippen LogP) is 1.99. The number of amides is 1. The highest BCUT2D eigenvalue weighted by Gasteiger charge is 2.19. The third-order valence-electron chi connectivity index (χ3n) is 3.14. The minimum absolute atomic E-state index is 0.0314. The summed E-state index contributed by atoms with van der Waals surface area (Å²) >= 11 is 0. The Hall–Kier alpha value is -1.55. The first-order valence-corrected chi connectivity index (χ1v) is 6.48. The van der Waals surface area contributed by atoms with E-state index in [0.717, 1.165) is 16.9 Å². The molecule has 0 heterocycles. The summed E-state index contributed by atoms with van der Waals surface area (Å²) in [6, 6.07) is 5.90. The Morgan fingerprint density at radius 2 is 2.11 bits per heavy atom. The Balaban J connectivity index is 2.53. The minimum atomic E-state index is -0.153. The van der Waals surface area contributed by atoms with Crippen molar-refractivity contribution < 1.29 is 9.53 Å². The SMILES string of the molecule is COc1ccc(CNC(=O)CC(C)(C)CN)cc1C. The summed E-state index contributed by atoms with van der Waals surface area (Å²) in [4.78, 5) is 11.8. The van der Waals surface area contributed by atoms with E-state index >= 15 is 0 Å². The molecule has 0 bridgehead atoms. The van der Waals surface area contributed by atoms with Crippen LogP contribution in [0, 0.1) is 12.3 Å². The van der Waals surface area contributed by atoms with Gasteiger partial charge in [0.25, 0.3) is 0 Å². The van der Waals surface area contributed by atoms with Crippen LogP contribution in [0.2, 0.25) is 0 Å². The fourth-order valence-electron chi connectivity index (χ4n) is 1.82. The number of carbonyl (C=O) groups excluding carboxylic acids is 1. The van der Waals surface area contributed by atoms with Gasteiger partial charge in [-0.3, -0.25) is 4.79 Å². The summed E-state index contributed by atoms with van der Waals surface area (Å²) < 4.78 is 5.20. The van der Waals surface area contributed by atoms with E-state index in [4.69, 9.17) is 10.5 Å². The van der Waals surface area contributed by atoms with Gasteiger partial charge in [-0.2, -0.15) is 0 Å². The first-order chi connectivity index (χ1) is 8.88. The van der Waals surface area contributed by atoms with Gasteiger partial charge in [-0.1, -0.05) is 26.0 Å². The second kappa shape index (κ2) is 6.57. The molecule has 0 spiro atoms. The van der Waals surface area contributed by atoms with Crippen molar-refractivity contribution in [2.75, 3.05) is 13.7 Å². The van der Waals surface area contributed by atoms with Gasteiger partial charge in [-0.15, -0.1) is 0 Å². The van der Waals surface area contributed by atoms with Gasteiger partial charge in [0.05, 0.1) is 7.11 Å². The second-order valence-electron chi connectivity index (χ2n) is 5.63. The van der Waals surface area contributed by atoms with Crippen LogP contribution in [0.3, 0.4) is 0 Å². The molecule has 1 aromatic rings. The lowest BCUT2D eigenvalue weighted by atomic mass is 9.89. The summed E-state index contributed by atoms with van der Waals surface area (Å²) in [6.07, 6.45) is 0.443. The number of hydrogen-bond acceptors (Lipinski definition) is 3. The highest BCUT2D eigenvalue weighted by Crippen LogP contribution is 2.19. The van der Waals surface area contributed by atoms with E-state index in [1.165, 1.54) is 0 Å². The molecule has 0 unspecified atom stereocenters. The number of aryl methyl sites for hydroxylation is 1. The van der Waals surface area contributed by atoms with Crippen LogP contribution in [0.4, 0.5) is 0 Å². The van der Waals surface area contributed by atoms with E-state index in [0.29, 0.717) is 19.5 Å². The molecule has 0 atom stereocenters. The van der Waals surface area contributed by atoms with Crippen LogP contribution in [0.1, 0.15) is 31.4 Å². The maximum absolute atomic E-state index is 11.8. The molecule has 4 nitrogen and oxygen atoms in total. The number of methoxy groups -OCH3 is 1. The monoisotopic (exact) mass is 264 g/mol. The van der Waals surface area contributed by atoms with Gasteiger partial charge in [-0.05, 0) is 36.1 Å². The fourth-order valence-corrected chi connectivity index (χ4v) is 1.82. The molecule has 0 aliphatic carbocycles. The van der Waals surface area contributed by atoms with Crippen molar-refractivity contribution in [3.63, 3.8) is 0 Å². The van der Waals surface area contributed by atoms with E-state index in [1.54, 1.807) is 7.11 Å². The molecule has 3 N–H and O–H groups in total. The Morgan fingerprint density at radius 1 is 1.42 bits per heavy atom. The van der Waals surface area contributed by atoms with Crippen molar-refractivity contribution >= 4 is 5.91 Å². The Kier molecular flexibility index (Phi) is 5.36. The van der Waals surface area contributed by atoms with E-state index in [-0.39, 0.29) is 11.3 Å². The number of hydrogen-bond donors (Lipinski definition) is 2. The first kappa shape index (κ1) is 15.5. The molecule has 0 aliphatic heterocycles. The molecule has 0 aliphatic rings. The van der Waals surface area contributed by atoms with Crippen molar-refractivity contribution in [3.8, 4) is 5.75 Å². The van der Waals surface area contributed by atoms with Crippen molar-refractivity contribution in [3.05, 3.63) is 29.3 Å². The molecule has 0 aromatic heterocycles. The fraction of sp³-hybridized carbons (Fsp3) is 0.533. The number of carbonyl (C=O) groups is 1. The first-order valence-electron chi connectivity index (χ1n) is 6.48. The van der Waals surface area contributed by atoms with E-state index < -0.39 is 0 Å². The molecule has 1 amide bonds. The number of nitrogens with two attached hydrogens (primary N) is 1. The third-order valence-corrected chi connectivity index (χ3v) is 3.14. The topological polar surface area (TPSA) is 64.3 Å². The van der Waals surface area contributed by atoms with Gasteiger partial charge >= 0.3 is 0 Å². The molecule has 4 heteroatoms. The molecule has 106 valence electrons. The molecule has 1 rings (SSSR count). The molecule has 19 heavy (non-hydrogen) atoms. The van der Waals surface area contributed by atoms with Crippen LogP contribution in [0.25, 0.3) is 0 Å². The normalized spacial score (nSPS) is 11.2. The summed E-state index contributed by atoms with van der Waals surface area (Å²) in [5.74, 6) is 0.892. The lowest BCUT2D eigenvalue weighted by Gasteiger charge is -2.21. The third kappa shape index (κ3) is 4.91. The molecule has 0 saturated heterocycles. The van der Waals surface area contributed by atoms with Crippen molar-refractivity contribution in [2.24, 2.45) is 11.1 Å². The Bertz CT molecular complexity index is 442. The highest BCUT2D eigenvalue weighted by atomic mass is 16.5. The lowest BCUT2D eigenvalue weighted by Crippen LogP contribution is -2.32.